The Morgan fingerprint density at radius 3 is 2.42 bits per heavy atom. The molecule has 4 heterocycles. The zero-order valence-corrected chi connectivity index (χ0v) is 21.3. The highest BCUT2D eigenvalue weighted by molar-refractivity contribution is 6.36. The van der Waals surface area contributed by atoms with E-state index in [9.17, 15) is 13.2 Å². The van der Waals surface area contributed by atoms with Crippen LogP contribution in [0.5, 0.6) is 5.75 Å². The van der Waals surface area contributed by atoms with Gasteiger partial charge in [0.25, 0.3) is 0 Å². The predicted octanol–water partition coefficient (Wildman–Crippen LogP) is 7.74. The fraction of sp³-hybridized carbons (Fsp3) is 0.292. The molecular weight excluding hydrogens is 538 g/mol. The van der Waals surface area contributed by atoms with E-state index in [0.717, 1.165) is 12.5 Å². The van der Waals surface area contributed by atoms with Crippen LogP contribution in [0.3, 0.4) is 0 Å². The highest BCUT2D eigenvalue weighted by atomic mass is 35.5. The lowest BCUT2D eigenvalue weighted by molar-refractivity contribution is -0.137. The largest absolute Gasteiger partial charge is 0.484 e. The maximum atomic E-state index is 14.0. The lowest BCUT2D eigenvalue weighted by atomic mass is 10.0. The van der Waals surface area contributed by atoms with Crippen LogP contribution in [0, 0.1) is 0 Å². The van der Waals surface area contributed by atoms with E-state index in [1.54, 1.807) is 24.0 Å². The van der Waals surface area contributed by atoms with Crippen LogP contribution in [0.4, 0.5) is 19.0 Å². The summed E-state index contributed by atoms with van der Waals surface area (Å²) >= 11 is 18.9. The molecule has 1 fully saturated rings. The number of H-pyrrole nitrogens is 1. The minimum Gasteiger partial charge on any atom is -0.484 e. The van der Waals surface area contributed by atoms with E-state index in [4.69, 9.17) is 39.5 Å². The molecule has 0 saturated carbocycles. The number of rotatable bonds is 5. The first-order valence-corrected chi connectivity index (χ1v) is 12.2. The molecule has 4 aromatic rings. The van der Waals surface area contributed by atoms with Gasteiger partial charge in [0, 0.05) is 47.7 Å². The van der Waals surface area contributed by atoms with E-state index in [-0.39, 0.29) is 22.4 Å². The highest BCUT2D eigenvalue weighted by Gasteiger charge is 2.39. The van der Waals surface area contributed by atoms with Crippen LogP contribution < -0.4 is 9.64 Å². The molecule has 1 saturated heterocycles. The molecule has 188 valence electrons. The van der Waals surface area contributed by atoms with Crippen LogP contribution in [0.15, 0.2) is 36.8 Å². The molecule has 2 atom stereocenters. The van der Waals surface area contributed by atoms with Crippen LogP contribution in [0.25, 0.3) is 22.2 Å². The standard InChI is InChI=1S/C24H19Cl3F3N5O/c1-11-3-4-35(11)23-15(24(28,29)30)5-13(8-32-23)22-14-6-20(16(25)7-19(14)33-34-22)36-12(2)21-17(26)9-31-10-18(21)27/h5-12H,3-4H2,1-2H3,(H,33,34)/t11-,12?/m1/s1. The van der Waals surface area contributed by atoms with Gasteiger partial charge in [0.1, 0.15) is 23.4 Å². The lowest BCUT2D eigenvalue weighted by Gasteiger charge is -2.40. The summed E-state index contributed by atoms with van der Waals surface area (Å²) in [7, 11) is 0. The first-order valence-electron chi connectivity index (χ1n) is 11.0. The summed E-state index contributed by atoms with van der Waals surface area (Å²) in [5, 5.41) is 8.54. The number of aromatic amines is 1. The fourth-order valence-electron chi connectivity index (χ4n) is 4.24. The number of nitrogens with one attached hydrogen (secondary N) is 1. The SMILES string of the molecule is CC(Oc1cc2c(-c3cnc(N4CC[C@H]4C)c(C(F)(F)F)c3)n[nH]c2cc1Cl)c1c(Cl)cncc1Cl. The van der Waals surface area contributed by atoms with Crippen molar-refractivity contribution in [1.29, 1.82) is 0 Å². The number of fused-ring (bicyclic) bond motifs is 1. The molecule has 1 aliphatic rings. The molecule has 6 nitrogen and oxygen atoms in total. The third-order valence-electron chi connectivity index (χ3n) is 6.25. The van der Waals surface area contributed by atoms with Gasteiger partial charge in [-0.15, -0.1) is 0 Å². The molecule has 0 aliphatic carbocycles. The monoisotopic (exact) mass is 555 g/mol. The quantitative estimate of drug-likeness (QED) is 0.272. The summed E-state index contributed by atoms with van der Waals surface area (Å²) in [4.78, 5) is 9.78. The Labute approximate surface area is 219 Å². The first kappa shape index (κ1) is 24.9. The fourth-order valence-corrected chi connectivity index (χ4v) is 5.12. The van der Waals surface area contributed by atoms with E-state index >= 15 is 0 Å². The number of anilines is 1. The summed E-state index contributed by atoms with van der Waals surface area (Å²) in [6.45, 7) is 4.16. The molecule has 0 amide bonds. The topological polar surface area (TPSA) is 66.9 Å². The van der Waals surface area contributed by atoms with Crippen molar-refractivity contribution in [3.63, 3.8) is 0 Å². The molecule has 3 aromatic heterocycles. The molecule has 1 aliphatic heterocycles. The number of benzene rings is 1. The molecular formula is C24H19Cl3F3N5O. The number of aromatic nitrogens is 4. The van der Waals surface area contributed by atoms with Crippen LogP contribution in [-0.4, -0.2) is 32.8 Å². The molecule has 1 N–H and O–H groups in total. The summed E-state index contributed by atoms with van der Waals surface area (Å²) < 4.78 is 47.9. The molecule has 1 aromatic carbocycles. The van der Waals surface area contributed by atoms with Crippen molar-refractivity contribution < 1.29 is 17.9 Å². The summed E-state index contributed by atoms with van der Waals surface area (Å²) in [5.74, 6) is 0.218. The third-order valence-corrected chi connectivity index (χ3v) is 7.15. The van der Waals surface area contributed by atoms with Crippen molar-refractivity contribution in [2.75, 3.05) is 11.4 Å². The van der Waals surface area contributed by atoms with Gasteiger partial charge in [-0.25, -0.2) is 4.98 Å². The van der Waals surface area contributed by atoms with E-state index < -0.39 is 17.8 Å². The molecule has 0 bridgehead atoms. The van der Waals surface area contributed by atoms with Crippen LogP contribution in [-0.2, 0) is 6.18 Å². The van der Waals surface area contributed by atoms with Crippen molar-refractivity contribution in [3.05, 3.63) is 63.0 Å². The average Bonchev–Trinajstić information content (AvgIpc) is 3.20. The maximum Gasteiger partial charge on any atom is 0.419 e. The van der Waals surface area contributed by atoms with E-state index in [1.165, 1.54) is 18.6 Å². The van der Waals surface area contributed by atoms with Gasteiger partial charge in [-0.1, -0.05) is 34.8 Å². The van der Waals surface area contributed by atoms with Gasteiger partial charge >= 0.3 is 6.18 Å². The van der Waals surface area contributed by atoms with Crippen molar-refractivity contribution in [2.24, 2.45) is 0 Å². The molecule has 12 heteroatoms. The van der Waals surface area contributed by atoms with Gasteiger partial charge in [-0.3, -0.25) is 10.1 Å². The zero-order chi connectivity index (χ0) is 25.8. The summed E-state index contributed by atoms with van der Waals surface area (Å²) in [6, 6.07) is 4.30. The zero-order valence-electron chi connectivity index (χ0n) is 19.0. The van der Waals surface area contributed by atoms with Gasteiger partial charge in [0.05, 0.1) is 26.1 Å². The van der Waals surface area contributed by atoms with Crippen LogP contribution in [0.2, 0.25) is 15.1 Å². The van der Waals surface area contributed by atoms with E-state index in [2.05, 4.69) is 20.2 Å². The van der Waals surface area contributed by atoms with Crippen molar-refractivity contribution in [3.8, 4) is 17.0 Å². The number of pyridine rings is 2. The first-order chi connectivity index (χ1) is 17.0. The average molecular weight is 557 g/mol. The van der Waals surface area contributed by atoms with Gasteiger partial charge < -0.3 is 9.64 Å². The number of nitrogens with zero attached hydrogens (tertiary/aromatic N) is 4. The molecule has 5 rings (SSSR count). The van der Waals surface area contributed by atoms with Gasteiger partial charge in [0.15, 0.2) is 0 Å². The predicted molar refractivity (Wildman–Crippen MR) is 134 cm³/mol. The van der Waals surface area contributed by atoms with Crippen molar-refractivity contribution in [2.45, 2.75) is 38.6 Å². The second-order valence-corrected chi connectivity index (χ2v) is 9.82. The highest BCUT2D eigenvalue weighted by Crippen LogP contribution is 2.42. The summed E-state index contributed by atoms with van der Waals surface area (Å²) in [5.41, 5.74) is 0.770. The molecule has 1 unspecified atom stereocenters. The Hall–Kier alpha value is -2.75. The minimum absolute atomic E-state index is 0.00176. The van der Waals surface area contributed by atoms with E-state index in [0.29, 0.717) is 44.5 Å². The smallest absolute Gasteiger partial charge is 0.419 e. The van der Waals surface area contributed by atoms with E-state index in [1.807, 2.05) is 6.92 Å². The maximum absolute atomic E-state index is 14.0. The van der Waals surface area contributed by atoms with Crippen LogP contribution >= 0.6 is 34.8 Å². The Bertz CT molecular complexity index is 1440. The Balaban J connectivity index is 1.55. The molecule has 0 spiro atoms. The third kappa shape index (κ3) is 4.44. The van der Waals surface area contributed by atoms with Crippen molar-refractivity contribution in [1.82, 2.24) is 20.2 Å². The second-order valence-electron chi connectivity index (χ2n) is 8.60. The number of hydrogen-bond acceptors (Lipinski definition) is 5. The van der Waals surface area contributed by atoms with Gasteiger partial charge in [-0.2, -0.15) is 18.3 Å². The molecule has 36 heavy (non-hydrogen) atoms. The normalized spacial score (nSPS) is 16.8. The Morgan fingerprint density at radius 2 is 1.81 bits per heavy atom. The number of alkyl halides is 3. The molecule has 0 radical (unpaired) electrons. The minimum atomic E-state index is -4.57. The van der Waals surface area contributed by atoms with Gasteiger partial charge in [-0.05, 0) is 38.5 Å². The number of hydrogen-bond donors (Lipinski definition) is 1. The van der Waals surface area contributed by atoms with Crippen molar-refractivity contribution >= 4 is 51.5 Å². The Morgan fingerprint density at radius 1 is 1.08 bits per heavy atom. The van der Waals surface area contributed by atoms with Gasteiger partial charge in [0.2, 0.25) is 0 Å². The van der Waals surface area contributed by atoms with Crippen LogP contribution in [0.1, 0.15) is 37.5 Å². The number of halogens is 6. The lowest BCUT2D eigenvalue weighted by Crippen LogP contribution is -2.47. The number of ether oxygens (including phenoxy) is 1. The Kier molecular flexibility index (Phi) is 6.43. The summed E-state index contributed by atoms with van der Waals surface area (Å²) in [6.07, 6.45) is -0.0260. The second kappa shape index (κ2) is 9.28.